The summed E-state index contributed by atoms with van der Waals surface area (Å²) in [6.07, 6.45) is -1.51. The maximum Gasteiger partial charge on any atom is 0.410 e. The van der Waals surface area contributed by atoms with E-state index in [9.17, 15) is 28.4 Å². The molecule has 1 saturated carbocycles. The highest BCUT2D eigenvalue weighted by atomic mass is 79.9. The number of hydrogen-bond donors (Lipinski definition) is 1. The molecule has 2 aromatic carbocycles. The van der Waals surface area contributed by atoms with Crippen LogP contribution in [0.2, 0.25) is 0 Å². The molecule has 5 rings (SSSR count). The number of halogens is 1. The first-order valence-corrected chi connectivity index (χ1v) is 12.0. The second-order valence-electron chi connectivity index (χ2n) is 7.51. The summed E-state index contributed by atoms with van der Waals surface area (Å²) in [5, 5.41) is 21.1. The average Bonchev–Trinajstić information content (AvgIpc) is 3.27. The van der Waals surface area contributed by atoms with Crippen LogP contribution < -0.4 is 0 Å². The zero-order valence-electron chi connectivity index (χ0n) is 16.5. The van der Waals surface area contributed by atoms with Gasteiger partial charge in [0.2, 0.25) is 0 Å². The van der Waals surface area contributed by atoms with Crippen LogP contribution in [0.4, 0.5) is 10.5 Å². The van der Waals surface area contributed by atoms with Crippen LogP contribution in [0.3, 0.4) is 0 Å². The maximum atomic E-state index is 12.8. The van der Waals surface area contributed by atoms with Crippen molar-refractivity contribution in [2.75, 3.05) is 6.61 Å². The number of hydrogen-bond acceptors (Lipinski definition) is 8. The standard InChI is InChI=1S/C20H19BrN2O8S/c21-17-16-15(11-31-32(28,29)14-8-6-13(7-9-14)23(26)27)22(18(17)19(16)24)20(25)30-10-12-4-2-1-3-5-12/h1-9,15-19,24H,10-11H2/t15-,16-,17-,18+,19-/m0/s1. The zero-order valence-corrected chi connectivity index (χ0v) is 18.9. The minimum atomic E-state index is -4.23. The van der Waals surface area contributed by atoms with Crippen molar-refractivity contribution in [3.8, 4) is 0 Å². The third-order valence-corrected chi connectivity index (χ3v) is 8.16. The van der Waals surface area contributed by atoms with E-state index in [1.54, 1.807) is 12.1 Å². The number of nitrogens with zero attached hydrogens (tertiary/aromatic N) is 2. The van der Waals surface area contributed by atoms with Crippen LogP contribution in [0, 0.1) is 16.0 Å². The quantitative estimate of drug-likeness (QED) is 0.251. The first-order valence-electron chi connectivity index (χ1n) is 9.66. The number of ether oxygens (including phenoxy) is 1. The molecular weight excluding hydrogens is 508 g/mol. The van der Waals surface area contributed by atoms with Gasteiger partial charge in [0.1, 0.15) is 6.61 Å². The molecule has 2 aromatic rings. The van der Waals surface area contributed by atoms with Crippen molar-refractivity contribution < 1.29 is 32.2 Å². The van der Waals surface area contributed by atoms with Gasteiger partial charge >= 0.3 is 6.09 Å². The van der Waals surface area contributed by atoms with E-state index >= 15 is 0 Å². The summed E-state index contributed by atoms with van der Waals surface area (Å²) in [4.78, 5) is 23.7. The van der Waals surface area contributed by atoms with Gasteiger partial charge in [0.15, 0.2) is 0 Å². The Kier molecular flexibility index (Phi) is 6.21. The Bertz CT molecular complexity index is 1100. The van der Waals surface area contributed by atoms with Gasteiger partial charge in [-0.3, -0.25) is 19.2 Å². The van der Waals surface area contributed by atoms with Crippen molar-refractivity contribution in [2.45, 2.75) is 34.5 Å². The molecule has 32 heavy (non-hydrogen) atoms. The molecule has 0 aromatic heterocycles. The van der Waals surface area contributed by atoms with Gasteiger partial charge in [-0.25, -0.2) is 4.79 Å². The number of fused-ring (bicyclic) bond motifs is 1. The normalized spacial score (nSPS) is 26.4. The van der Waals surface area contributed by atoms with Crippen molar-refractivity contribution >= 4 is 37.8 Å². The second-order valence-corrected chi connectivity index (χ2v) is 10.2. The Balaban J connectivity index is 1.45. The van der Waals surface area contributed by atoms with Crippen molar-refractivity contribution in [1.82, 2.24) is 4.90 Å². The highest BCUT2D eigenvalue weighted by Crippen LogP contribution is 2.50. The third kappa shape index (κ3) is 4.10. The molecule has 1 N–H and O–H groups in total. The number of aliphatic hydroxyl groups excluding tert-OH is 1. The van der Waals surface area contributed by atoms with Gasteiger partial charge in [-0.05, 0) is 17.7 Å². The number of rotatable bonds is 7. The lowest BCUT2D eigenvalue weighted by molar-refractivity contribution is -0.384. The number of aliphatic hydroxyl groups is 1. The minimum Gasteiger partial charge on any atom is -0.445 e. The Hall–Kier alpha value is -2.54. The van der Waals surface area contributed by atoms with Crippen molar-refractivity contribution in [3.05, 3.63) is 70.3 Å². The van der Waals surface area contributed by atoms with Crippen molar-refractivity contribution in [3.63, 3.8) is 0 Å². The number of alkyl halides is 1. The van der Waals surface area contributed by atoms with Gasteiger partial charge in [0.05, 0.1) is 34.6 Å². The lowest BCUT2D eigenvalue weighted by atomic mass is 9.79. The lowest BCUT2D eigenvalue weighted by Crippen LogP contribution is -2.54. The molecule has 1 aliphatic carbocycles. The molecule has 2 bridgehead atoms. The molecule has 3 fully saturated rings. The lowest BCUT2D eigenvalue weighted by Gasteiger charge is -2.37. The molecule has 2 heterocycles. The molecule has 1 amide bonds. The average molecular weight is 527 g/mol. The molecule has 170 valence electrons. The highest BCUT2D eigenvalue weighted by Gasteiger charge is 2.66. The Morgan fingerprint density at radius 2 is 1.81 bits per heavy atom. The van der Waals surface area contributed by atoms with Crippen LogP contribution in [0.1, 0.15) is 5.56 Å². The number of amides is 1. The number of carbonyl (C=O) groups excluding carboxylic acids is 1. The smallest absolute Gasteiger partial charge is 0.410 e. The van der Waals surface area contributed by atoms with E-state index in [1.165, 1.54) is 4.90 Å². The molecule has 0 spiro atoms. The van der Waals surface area contributed by atoms with E-state index in [2.05, 4.69) is 15.9 Å². The summed E-state index contributed by atoms with van der Waals surface area (Å²) in [5.41, 5.74) is 0.537. The fourth-order valence-electron chi connectivity index (χ4n) is 4.06. The van der Waals surface area contributed by atoms with Crippen molar-refractivity contribution in [2.24, 2.45) is 5.92 Å². The predicted octanol–water partition coefficient (Wildman–Crippen LogP) is 2.44. The Morgan fingerprint density at radius 3 is 2.41 bits per heavy atom. The first-order chi connectivity index (χ1) is 15.2. The van der Waals surface area contributed by atoms with Gasteiger partial charge in [0.25, 0.3) is 15.8 Å². The summed E-state index contributed by atoms with van der Waals surface area (Å²) >= 11 is 3.45. The van der Waals surface area contributed by atoms with Gasteiger partial charge in [-0.2, -0.15) is 8.42 Å². The number of nitro groups is 1. The molecule has 5 atom stereocenters. The molecule has 0 unspecified atom stereocenters. The second kappa shape index (κ2) is 8.77. The van der Waals surface area contributed by atoms with E-state index in [0.717, 1.165) is 29.8 Å². The van der Waals surface area contributed by atoms with Gasteiger partial charge in [-0.1, -0.05) is 46.3 Å². The van der Waals surface area contributed by atoms with Crippen LogP contribution in [0.15, 0.2) is 59.5 Å². The van der Waals surface area contributed by atoms with Gasteiger partial charge < -0.3 is 9.84 Å². The van der Waals surface area contributed by atoms with Crippen LogP contribution >= 0.6 is 15.9 Å². The summed E-state index contributed by atoms with van der Waals surface area (Å²) < 4.78 is 35.6. The van der Waals surface area contributed by atoms with Crippen LogP contribution in [0.25, 0.3) is 0 Å². The van der Waals surface area contributed by atoms with Crippen LogP contribution in [-0.2, 0) is 25.6 Å². The molecule has 12 heteroatoms. The largest absolute Gasteiger partial charge is 0.445 e. The number of carbonyl (C=O) groups is 1. The van der Waals surface area contributed by atoms with E-state index in [-0.39, 0.29) is 28.6 Å². The molecular formula is C20H19BrN2O8S. The summed E-state index contributed by atoms with van der Waals surface area (Å²) in [7, 11) is -4.23. The monoisotopic (exact) mass is 526 g/mol. The topological polar surface area (TPSA) is 136 Å². The summed E-state index contributed by atoms with van der Waals surface area (Å²) in [6, 6.07) is 12.1. The summed E-state index contributed by atoms with van der Waals surface area (Å²) in [5.74, 6) is -0.420. The number of benzene rings is 2. The fourth-order valence-corrected chi connectivity index (χ4v) is 6.21. The van der Waals surface area contributed by atoms with Gasteiger partial charge in [-0.15, -0.1) is 0 Å². The number of non-ortho nitro benzene ring substituents is 1. The van der Waals surface area contributed by atoms with E-state index in [4.69, 9.17) is 8.92 Å². The summed E-state index contributed by atoms with van der Waals surface area (Å²) in [6.45, 7) is -0.356. The van der Waals surface area contributed by atoms with Gasteiger partial charge in [0, 0.05) is 22.9 Å². The first kappa shape index (κ1) is 22.6. The molecule has 0 radical (unpaired) electrons. The zero-order chi connectivity index (χ0) is 23.0. The van der Waals surface area contributed by atoms with Crippen LogP contribution in [-0.4, -0.2) is 59.1 Å². The maximum absolute atomic E-state index is 12.8. The number of nitro benzene ring substituents is 1. The minimum absolute atomic E-state index is 0.0330. The van der Waals surface area contributed by atoms with E-state index in [0.29, 0.717) is 0 Å². The fraction of sp³-hybridized carbons (Fsp3) is 0.350. The van der Waals surface area contributed by atoms with E-state index < -0.39 is 45.2 Å². The molecule has 2 aliphatic heterocycles. The third-order valence-electron chi connectivity index (χ3n) is 5.71. The van der Waals surface area contributed by atoms with Crippen LogP contribution in [0.5, 0.6) is 0 Å². The Labute approximate surface area is 192 Å². The molecule has 2 saturated heterocycles. The van der Waals surface area contributed by atoms with Crippen molar-refractivity contribution in [1.29, 1.82) is 0 Å². The van der Waals surface area contributed by atoms with E-state index in [1.807, 2.05) is 18.2 Å². The molecule has 10 nitrogen and oxygen atoms in total. The predicted molar refractivity (Wildman–Crippen MR) is 114 cm³/mol. The highest BCUT2D eigenvalue weighted by molar-refractivity contribution is 9.09. The SMILES string of the molecule is O=C(OCc1ccccc1)N1[C@H]2[C@@H](O)[C@H]([C@@H]2Br)[C@@H]1COS(=O)(=O)c1ccc([N+](=O)[O-])cc1. The molecule has 3 aliphatic rings. The Morgan fingerprint density at radius 1 is 1.16 bits per heavy atom.